The fraction of sp³-hybridized carbons (Fsp3) is 0.364. The molecule has 0 spiro atoms. The van der Waals surface area contributed by atoms with E-state index in [9.17, 15) is 4.79 Å². The summed E-state index contributed by atoms with van der Waals surface area (Å²) in [5, 5.41) is 3.84. The molecule has 0 radical (unpaired) electrons. The number of H-pyrrole nitrogens is 1. The summed E-state index contributed by atoms with van der Waals surface area (Å²) in [4.78, 5) is 18.9. The van der Waals surface area contributed by atoms with Crippen LogP contribution in [-0.2, 0) is 11.3 Å². The average Bonchev–Trinajstić information content (AvgIpc) is 2.65. The lowest BCUT2D eigenvalue weighted by Crippen LogP contribution is -2.14. The number of rotatable bonds is 3. The molecule has 2 heterocycles. The maximum atomic E-state index is 11.8. The molecule has 2 aromatic heterocycles. The van der Waals surface area contributed by atoms with E-state index in [-0.39, 0.29) is 12.2 Å². The van der Waals surface area contributed by atoms with Gasteiger partial charge in [0.2, 0.25) is 0 Å². The van der Waals surface area contributed by atoms with Gasteiger partial charge in [-0.2, -0.15) is 0 Å². The second-order valence-corrected chi connectivity index (χ2v) is 4.60. The number of ether oxygens (including phenoxy) is 1. The molecule has 0 bridgehead atoms. The van der Waals surface area contributed by atoms with Crippen LogP contribution in [-0.4, -0.2) is 22.2 Å². The van der Waals surface area contributed by atoms with Gasteiger partial charge in [0.25, 0.3) is 5.56 Å². The number of nitrogens with one attached hydrogen (secondary N) is 1. The van der Waals surface area contributed by atoms with Gasteiger partial charge < -0.3 is 14.2 Å². The Kier molecular flexibility index (Phi) is 3.63. The van der Waals surface area contributed by atoms with Crippen molar-refractivity contribution in [3.8, 4) is 11.4 Å². The van der Waals surface area contributed by atoms with Gasteiger partial charge in [-0.05, 0) is 29.8 Å². The first-order valence-electron chi connectivity index (χ1n) is 5.25. The van der Waals surface area contributed by atoms with Crippen LogP contribution in [0.5, 0.6) is 0 Å². The van der Waals surface area contributed by atoms with Gasteiger partial charge in [0.05, 0.1) is 23.6 Å². The van der Waals surface area contributed by atoms with Crippen LogP contribution in [0.4, 0.5) is 0 Å². The van der Waals surface area contributed by atoms with Crippen molar-refractivity contribution in [1.82, 2.24) is 15.1 Å². The Labute approximate surface area is 111 Å². The molecule has 0 saturated heterocycles. The van der Waals surface area contributed by atoms with Gasteiger partial charge in [-0.1, -0.05) is 5.16 Å². The lowest BCUT2D eigenvalue weighted by Gasteiger charge is -2.05. The van der Waals surface area contributed by atoms with Crippen molar-refractivity contribution in [1.29, 1.82) is 0 Å². The molecule has 18 heavy (non-hydrogen) atoms. The van der Waals surface area contributed by atoms with E-state index in [0.29, 0.717) is 33.0 Å². The number of nitrogens with zero attached hydrogens (tertiary/aromatic N) is 2. The molecule has 0 aliphatic heterocycles. The van der Waals surface area contributed by atoms with Gasteiger partial charge in [-0.25, -0.2) is 4.98 Å². The molecular weight excluding hydrogens is 302 g/mol. The van der Waals surface area contributed by atoms with Gasteiger partial charge in [-0.3, -0.25) is 4.79 Å². The smallest absolute Gasteiger partial charge is 0.265 e. The van der Waals surface area contributed by atoms with Crippen molar-refractivity contribution in [3.05, 3.63) is 32.0 Å². The van der Waals surface area contributed by atoms with Crippen molar-refractivity contribution in [2.45, 2.75) is 20.5 Å². The molecule has 6 nitrogen and oxygen atoms in total. The highest BCUT2D eigenvalue weighted by molar-refractivity contribution is 9.10. The lowest BCUT2D eigenvalue weighted by atomic mass is 10.2. The molecule has 0 saturated carbocycles. The van der Waals surface area contributed by atoms with E-state index in [1.165, 1.54) is 0 Å². The maximum Gasteiger partial charge on any atom is 0.265 e. The third-order valence-corrected chi connectivity index (χ3v) is 3.30. The normalized spacial score (nSPS) is 10.9. The van der Waals surface area contributed by atoms with Crippen LogP contribution in [0.1, 0.15) is 17.1 Å². The van der Waals surface area contributed by atoms with Gasteiger partial charge in [0, 0.05) is 7.11 Å². The predicted octanol–water partition coefficient (Wildman–Crippen LogP) is 1.95. The molecule has 0 unspecified atom stereocenters. The number of methoxy groups -OCH3 is 1. The molecule has 96 valence electrons. The summed E-state index contributed by atoms with van der Waals surface area (Å²) in [5.74, 6) is 1.05. The van der Waals surface area contributed by atoms with E-state index in [2.05, 4.69) is 31.1 Å². The summed E-state index contributed by atoms with van der Waals surface area (Å²) >= 11 is 3.19. The molecule has 0 amide bonds. The number of aromatic nitrogens is 3. The van der Waals surface area contributed by atoms with Gasteiger partial charge in [-0.15, -0.1) is 0 Å². The minimum atomic E-state index is -0.257. The first kappa shape index (κ1) is 13.0. The summed E-state index contributed by atoms with van der Waals surface area (Å²) in [6.07, 6.45) is 0. The van der Waals surface area contributed by atoms with Crippen molar-refractivity contribution in [3.63, 3.8) is 0 Å². The molecule has 0 aliphatic rings. The zero-order chi connectivity index (χ0) is 13.3. The molecule has 2 rings (SSSR count). The second-order valence-electron chi connectivity index (χ2n) is 3.81. The minimum absolute atomic E-state index is 0.251. The highest BCUT2D eigenvalue weighted by atomic mass is 79.9. The number of hydrogen-bond acceptors (Lipinski definition) is 5. The zero-order valence-electron chi connectivity index (χ0n) is 10.2. The Hall–Kier alpha value is -1.47. The summed E-state index contributed by atoms with van der Waals surface area (Å²) in [6.45, 7) is 3.82. The molecule has 0 fully saturated rings. The number of aryl methyl sites for hydroxylation is 2. The molecule has 0 aromatic carbocycles. The van der Waals surface area contributed by atoms with Crippen LogP contribution in [0, 0.1) is 13.8 Å². The Bertz CT molecular complexity index is 613. The number of aromatic amines is 1. The van der Waals surface area contributed by atoms with Gasteiger partial charge >= 0.3 is 0 Å². The highest BCUT2D eigenvalue weighted by Gasteiger charge is 2.16. The third-order valence-electron chi connectivity index (χ3n) is 2.48. The third kappa shape index (κ3) is 2.23. The standard InChI is InChI=1S/C11H12BrN3O3/c1-5-8(6(2)18-15-5)10-13-7(4-17-3)9(12)11(16)14-10/h4H2,1-3H3,(H,13,14,16). The van der Waals surface area contributed by atoms with Crippen molar-refractivity contribution in [2.24, 2.45) is 0 Å². The van der Waals surface area contributed by atoms with Crippen LogP contribution in [0.2, 0.25) is 0 Å². The summed E-state index contributed by atoms with van der Waals surface area (Å²) < 4.78 is 10.5. The first-order chi connectivity index (χ1) is 8.54. The quantitative estimate of drug-likeness (QED) is 0.936. The van der Waals surface area contributed by atoms with Crippen molar-refractivity contribution in [2.75, 3.05) is 7.11 Å². The van der Waals surface area contributed by atoms with Crippen LogP contribution < -0.4 is 5.56 Å². The van der Waals surface area contributed by atoms with Crippen LogP contribution in [0.25, 0.3) is 11.4 Å². The van der Waals surface area contributed by atoms with Crippen LogP contribution >= 0.6 is 15.9 Å². The first-order valence-corrected chi connectivity index (χ1v) is 6.04. The van der Waals surface area contributed by atoms with E-state index in [1.54, 1.807) is 21.0 Å². The van der Waals surface area contributed by atoms with E-state index in [1.807, 2.05) is 0 Å². The number of halogens is 1. The summed E-state index contributed by atoms with van der Waals surface area (Å²) in [6, 6.07) is 0. The number of hydrogen-bond donors (Lipinski definition) is 1. The highest BCUT2D eigenvalue weighted by Crippen LogP contribution is 2.24. The minimum Gasteiger partial charge on any atom is -0.378 e. The zero-order valence-corrected chi connectivity index (χ0v) is 11.8. The monoisotopic (exact) mass is 313 g/mol. The van der Waals surface area contributed by atoms with Crippen molar-refractivity contribution >= 4 is 15.9 Å². The van der Waals surface area contributed by atoms with Crippen LogP contribution in [0.3, 0.4) is 0 Å². The molecule has 1 N–H and O–H groups in total. The van der Waals surface area contributed by atoms with Gasteiger partial charge in [0.1, 0.15) is 16.1 Å². The largest absolute Gasteiger partial charge is 0.378 e. The molecule has 0 aliphatic carbocycles. The summed E-state index contributed by atoms with van der Waals surface area (Å²) in [7, 11) is 1.55. The van der Waals surface area contributed by atoms with E-state index in [0.717, 1.165) is 0 Å². The van der Waals surface area contributed by atoms with Crippen LogP contribution in [0.15, 0.2) is 13.8 Å². The maximum absolute atomic E-state index is 11.8. The topological polar surface area (TPSA) is 81.0 Å². The van der Waals surface area contributed by atoms with Crippen molar-refractivity contribution < 1.29 is 9.26 Å². The molecule has 0 atom stereocenters. The Balaban J connectivity index is 2.63. The molecule has 2 aromatic rings. The lowest BCUT2D eigenvalue weighted by molar-refractivity contribution is 0.180. The fourth-order valence-corrected chi connectivity index (χ4v) is 1.98. The van der Waals surface area contributed by atoms with Gasteiger partial charge in [0.15, 0.2) is 0 Å². The fourth-order valence-electron chi connectivity index (χ4n) is 1.68. The van der Waals surface area contributed by atoms with E-state index in [4.69, 9.17) is 9.26 Å². The SMILES string of the molecule is COCc1nc(-c2c(C)noc2C)[nH]c(=O)c1Br. The Morgan fingerprint density at radius 1 is 1.44 bits per heavy atom. The Morgan fingerprint density at radius 3 is 2.72 bits per heavy atom. The van der Waals surface area contributed by atoms with E-state index < -0.39 is 0 Å². The molecule has 7 heteroatoms. The summed E-state index contributed by atoms with van der Waals surface area (Å²) in [5.41, 5.74) is 1.67. The Morgan fingerprint density at radius 2 is 2.17 bits per heavy atom. The second kappa shape index (κ2) is 5.03. The van der Waals surface area contributed by atoms with E-state index >= 15 is 0 Å². The predicted molar refractivity (Wildman–Crippen MR) is 68.2 cm³/mol. The molecular formula is C11H12BrN3O3. The average molecular weight is 314 g/mol.